The monoisotopic (exact) mass is 353 g/mol. The van der Waals surface area contributed by atoms with Gasteiger partial charge in [0.15, 0.2) is 0 Å². The minimum Gasteiger partial charge on any atom is -0.492 e. The molecule has 2 nitrogen and oxygen atoms in total. The molecule has 1 heterocycles. The summed E-state index contributed by atoms with van der Waals surface area (Å²) in [6.45, 7) is 8.78. The van der Waals surface area contributed by atoms with Crippen LogP contribution in [0.3, 0.4) is 0 Å². The van der Waals surface area contributed by atoms with Gasteiger partial charge in [-0.15, -0.1) is 11.3 Å². The molecule has 0 atom stereocenters. The fourth-order valence-corrected chi connectivity index (χ4v) is 3.12. The average molecular weight is 354 g/mol. The van der Waals surface area contributed by atoms with E-state index in [1.54, 1.807) is 11.3 Å². The SMILES string of the molecule is Cc1ccsc1CNCCOc1cc(C)c(Br)c(C)c1. The smallest absolute Gasteiger partial charge is 0.119 e. The second-order valence-electron chi connectivity index (χ2n) is 4.92. The zero-order chi connectivity index (χ0) is 14.5. The Morgan fingerprint density at radius 1 is 1.15 bits per heavy atom. The Morgan fingerprint density at radius 2 is 1.85 bits per heavy atom. The number of ether oxygens (including phenoxy) is 1. The van der Waals surface area contributed by atoms with Gasteiger partial charge in [-0.2, -0.15) is 0 Å². The zero-order valence-corrected chi connectivity index (χ0v) is 14.5. The first-order valence-electron chi connectivity index (χ1n) is 6.71. The van der Waals surface area contributed by atoms with Crippen molar-refractivity contribution < 1.29 is 4.74 Å². The van der Waals surface area contributed by atoms with Gasteiger partial charge in [-0.3, -0.25) is 0 Å². The molecule has 1 aromatic carbocycles. The van der Waals surface area contributed by atoms with Crippen molar-refractivity contribution in [3.05, 3.63) is 49.6 Å². The van der Waals surface area contributed by atoms with Gasteiger partial charge >= 0.3 is 0 Å². The molecule has 108 valence electrons. The maximum atomic E-state index is 5.79. The van der Waals surface area contributed by atoms with Gasteiger partial charge in [0, 0.05) is 22.4 Å². The van der Waals surface area contributed by atoms with Crippen LogP contribution in [0.2, 0.25) is 0 Å². The summed E-state index contributed by atoms with van der Waals surface area (Å²) in [4.78, 5) is 1.40. The van der Waals surface area contributed by atoms with E-state index >= 15 is 0 Å². The molecule has 0 saturated carbocycles. The molecular formula is C16H20BrNOS. The highest BCUT2D eigenvalue weighted by atomic mass is 79.9. The molecule has 2 aromatic rings. The second-order valence-corrected chi connectivity index (χ2v) is 6.72. The van der Waals surface area contributed by atoms with Crippen molar-refractivity contribution in [2.75, 3.05) is 13.2 Å². The Bertz CT molecular complexity index is 557. The van der Waals surface area contributed by atoms with E-state index in [-0.39, 0.29) is 0 Å². The Balaban J connectivity index is 1.75. The van der Waals surface area contributed by atoms with Gasteiger partial charge < -0.3 is 10.1 Å². The van der Waals surface area contributed by atoms with E-state index in [1.807, 2.05) is 0 Å². The highest BCUT2D eigenvalue weighted by molar-refractivity contribution is 9.10. The third-order valence-electron chi connectivity index (χ3n) is 3.21. The van der Waals surface area contributed by atoms with Crippen LogP contribution in [0.25, 0.3) is 0 Å². The minimum absolute atomic E-state index is 0.685. The molecule has 20 heavy (non-hydrogen) atoms. The van der Waals surface area contributed by atoms with Crippen LogP contribution in [0, 0.1) is 20.8 Å². The molecule has 0 spiro atoms. The van der Waals surface area contributed by atoms with Crippen molar-refractivity contribution in [1.29, 1.82) is 0 Å². The summed E-state index contributed by atoms with van der Waals surface area (Å²) in [5.41, 5.74) is 3.78. The second kappa shape index (κ2) is 7.25. The molecule has 0 radical (unpaired) electrons. The number of rotatable bonds is 6. The van der Waals surface area contributed by atoms with Crippen LogP contribution < -0.4 is 10.1 Å². The molecule has 2 rings (SSSR count). The maximum Gasteiger partial charge on any atom is 0.119 e. The summed E-state index contributed by atoms with van der Waals surface area (Å²) in [6.07, 6.45) is 0. The lowest BCUT2D eigenvalue weighted by molar-refractivity contribution is 0.313. The first kappa shape index (κ1) is 15.5. The molecule has 0 fully saturated rings. The first-order valence-corrected chi connectivity index (χ1v) is 8.38. The Labute approximate surface area is 133 Å². The maximum absolute atomic E-state index is 5.79. The van der Waals surface area contributed by atoms with Gasteiger partial charge in [-0.25, -0.2) is 0 Å². The van der Waals surface area contributed by atoms with Gasteiger partial charge in [-0.1, -0.05) is 15.9 Å². The fourth-order valence-electron chi connectivity index (χ4n) is 2.02. The van der Waals surface area contributed by atoms with Gasteiger partial charge in [0.1, 0.15) is 12.4 Å². The van der Waals surface area contributed by atoms with E-state index in [4.69, 9.17) is 4.74 Å². The molecule has 0 aliphatic heterocycles. The number of halogens is 1. The summed E-state index contributed by atoms with van der Waals surface area (Å²) in [7, 11) is 0. The van der Waals surface area contributed by atoms with Crippen LogP contribution in [0.5, 0.6) is 5.75 Å². The molecule has 0 unspecified atom stereocenters. The fraction of sp³-hybridized carbons (Fsp3) is 0.375. The molecule has 4 heteroatoms. The topological polar surface area (TPSA) is 21.3 Å². The van der Waals surface area contributed by atoms with Crippen LogP contribution in [-0.4, -0.2) is 13.2 Å². The standard InChI is InChI=1S/C16H20BrNOS/c1-11-4-7-20-15(11)10-18-5-6-19-14-8-12(2)16(17)13(3)9-14/h4,7-9,18H,5-6,10H2,1-3H3. The Morgan fingerprint density at radius 3 is 2.45 bits per heavy atom. The number of thiophene rings is 1. The molecule has 0 saturated heterocycles. The molecule has 0 aliphatic rings. The van der Waals surface area contributed by atoms with E-state index in [0.717, 1.165) is 23.3 Å². The van der Waals surface area contributed by atoms with Crippen LogP contribution in [0.15, 0.2) is 28.1 Å². The van der Waals surface area contributed by atoms with E-state index < -0.39 is 0 Å². The highest BCUT2D eigenvalue weighted by Gasteiger charge is 2.03. The van der Waals surface area contributed by atoms with Gasteiger partial charge in [0.2, 0.25) is 0 Å². The van der Waals surface area contributed by atoms with Gasteiger partial charge in [0.25, 0.3) is 0 Å². The van der Waals surface area contributed by atoms with E-state index in [2.05, 4.69) is 65.6 Å². The number of benzene rings is 1. The largest absolute Gasteiger partial charge is 0.492 e. The van der Waals surface area contributed by atoms with Crippen molar-refractivity contribution in [2.45, 2.75) is 27.3 Å². The van der Waals surface area contributed by atoms with Gasteiger partial charge in [0.05, 0.1) is 0 Å². The highest BCUT2D eigenvalue weighted by Crippen LogP contribution is 2.26. The van der Waals surface area contributed by atoms with Crippen molar-refractivity contribution in [3.8, 4) is 5.75 Å². The Kier molecular flexibility index (Phi) is 5.64. The first-order chi connectivity index (χ1) is 9.58. The molecule has 1 N–H and O–H groups in total. The van der Waals surface area contributed by atoms with Crippen molar-refractivity contribution in [2.24, 2.45) is 0 Å². The number of aryl methyl sites for hydroxylation is 3. The van der Waals surface area contributed by atoms with Crippen molar-refractivity contribution >= 4 is 27.3 Å². The van der Waals surface area contributed by atoms with Crippen LogP contribution in [-0.2, 0) is 6.54 Å². The number of nitrogens with one attached hydrogen (secondary N) is 1. The summed E-state index contributed by atoms with van der Waals surface area (Å²) < 4.78 is 6.96. The van der Waals surface area contributed by atoms with Gasteiger partial charge in [-0.05, 0) is 61.0 Å². The zero-order valence-electron chi connectivity index (χ0n) is 12.1. The molecule has 0 amide bonds. The Hall–Kier alpha value is -0.840. The van der Waals surface area contributed by atoms with Crippen molar-refractivity contribution in [3.63, 3.8) is 0 Å². The van der Waals surface area contributed by atoms with E-state index in [1.165, 1.54) is 21.6 Å². The lowest BCUT2D eigenvalue weighted by Gasteiger charge is -2.10. The number of hydrogen-bond donors (Lipinski definition) is 1. The van der Waals surface area contributed by atoms with E-state index in [9.17, 15) is 0 Å². The summed E-state index contributed by atoms with van der Waals surface area (Å²) >= 11 is 5.37. The van der Waals surface area contributed by atoms with Crippen LogP contribution in [0.1, 0.15) is 21.6 Å². The predicted octanol–water partition coefficient (Wildman–Crippen LogP) is 4.60. The summed E-state index contributed by atoms with van der Waals surface area (Å²) in [5.74, 6) is 0.942. The summed E-state index contributed by atoms with van der Waals surface area (Å²) in [6, 6.07) is 6.30. The lowest BCUT2D eigenvalue weighted by atomic mass is 10.1. The third kappa shape index (κ3) is 4.08. The van der Waals surface area contributed by atoms with E-state index in [0.29, 0.717) is 6.61 Å². The third-order valence-corrected chi connectivity index (χ3v) is 5.49. The molecular weight excluding hydrogens is 334 g/mol. The van der Waals surface area contributed by atoms with Crippen molar-refractivity contribution in [1.82, 2.24) is 5.32 Å². The normalized spacial score (nSPS) is 10.8. The minimum atomic E-state index is 0.685. The lowest BCUT2D eigenvalue weighted by Crippen LogP contribution is -2.20. The summed E-state index contributed by atoms with van der Waals surface area (Å²) in [5, 5.41) is 5.55. The predicted molar refractivity (Wildman–Crippen MR) is 89.9 cm³/mol. The van der Waals surface area contributed by atoms with Crippen LogP contribution in [0.4, 0.5) is 0 Å². The molecule has 0 bridgehead atoms. The molecule has 1 aromatic heterocycles. The molecule has 0 aliphatic carbocycles. The number of hydrogen-bond acceptors (Lipinski definition) is 3. The van der Waals surface area contributed by atoms with Crippen LogP contribution >= 0.6 is 27.3 Å². The average Bonchev–Trinajstić information content (AvgIpc) is 2.81. The quantitative estimate of drug-likeness (QED) is 0.766.